The highest BCUT2D eigenvalue weighted by Crippen LogP contribution is 2.19. The number of benzene rings is 2. The number of ether oxygens (including phenoxy) is 10. The van der Waals surface area contributed by atoms with E-state index in [0.717, 1.165) is 0 Å². The fraction of sp³-hybridized carbons (Fsp3) is 0.425. The first kappa shape index (κ1) is 47.1. The summed E-state index contributed by atoms with van der Waals surface area (Å²) >= 11 is 0. The molecule has 2 unspecified atom stereocenters. The largest absolute Gasteiger partial charge is 0.491 e. The highest BCUT2D eigenvalue weighted by Gasteiger charge is 2.19. The third-order valence-electron chi connectivity index (χ3n) is 6.79. The fourth-order valence-corrected chi connectivity index (χ4v) is 3.98. The van der Waals surface area contributed by atoms with Crippen molar-refractivity contribution in [3.63, 3.8) is 0 Å². The number of hydrogen-bond acceptors (Lipinski definition) is 15. The highest BCUT2D eigenvalue weighted by atomic mass is 16.6. The molecule has 57 heavy (non-hydrogen) atoms. The number of para-hydroxylation sites is 1. The molecule has 2 atom stereocenters. The normalized spacial score (nSPS) is 11.4. The predicted octanol–water partition coefficient (Wildman–Crippen LogP) is 4.10. The maximum Gasteiger partial charge on any atom is 0.407 e. The summed E-state index contributed by atoms with van der Waals surface area (Å²) < 4.78 is 54.4. The zero-order valence-corrected chi connectivity index (χ0v) is 32.6. The number of amides is 2. The zero-order valence-electron chi connectivity index (χ0n) is 32.6. The maximum absolute atomic E-state index is 12.4. The van der Waals surface area contributed by atoms with Crippen LogP contribution in [-0.4, -0.2) is 121 Å². The van der Waals surface area contributed by atoms with E-state index in [1.807, 2.05) is 18.2 Å². The summed E-state index contributed by atoms with van der Waals surface area (Å²) in [5, 5.41) is 4.95. The summed E-state index contributed by atoms with van der Waals surface area (Å²) in [7, 11) is 0. The summed E-state index contributed by atoms with van der Waals surface area (Å²) in [4.78, 5) is 59.5. The zero-order chi connectivity index (χ0) is 41.8. The van der Waals surface area contributed by atoms with Crippen molar-refractivity contribution in [3.8, 4) is 17.2 Å². The van der Waals surface area contributed by atoms with Gasteiger partial charge in [-0.15, -0.1) is 0 Å². The average molecular weight is 801 g/mol. The van der Waals surface area contributed by atoms with Gasteiger partial charge in [0.25, 0.3) is 0 Å². The number of hydrogen-bond donors (Lipinski definition) is 2. The summed E-state index contributed by atoms with van der Waals surface area (Å²) in [5.41, 5.74) is 0.653. The van der Waals surface area contributed by atoms with Crippen LogP contribution >= 0.6 is 0 Å². The van der Waals surface area contributed by atoms with Crippen LogP contribution in [0.4, 0.5) is 9.59 Å². The van der Waals surface area contributed by atoms with E-state index in [9.17, 15) is 24.0 Å². The number of carbonyl (C=O) groups is 5. The van der Waals surface area contributed by atoms with Gasteiger partial charge >= 0.3 is 30.1 Å². The van der Waals surface area contributed by atoms with Gasteiger partial charge in [-0.2, -0.15) is 0 Å². The van der Waals surface area contributed by atoms with Crippen molar-refractivity contribution in [2.45, 2.75) is 33.0 Å². The van der Waals surface area contributed by atoms with Gasteiger partial charge in [-0.1, -0.05) is 44.0 Å². The van der Waals surface area contributed by atoms with E-state index < -0.39 is 42.3 Å². The van der Waals surface area contributed by atoms with E-state index in [-0.39, 0.29) is 95.9 Å². The molecule has 0 heterocycles. The molecular formula is C40H52N2O15. The lowest BCUT2D eigenvalue weighted by Crippen LogP contribution is -2.36. The second-order valence-electron chi connectivity index (χ2n) is 12.1. The van der Waals surface area contributed by atoms with E-state index in [1.54, 1.807) is 36.4 Å². The van der Waals surface area contributed by atoms with Crippen LogP contribution in [0.15, 0.2) is 91.1 Å². The Bertz CT molecular complexity index is 1610. The van der Waals surface area contributed by atoms with Crippen LogP contribution < -0.4 is 24.8 Å². The van der Waals surface area contributed by atoms with Crippen LogP contribution in [0.5, 0.6) is 17.2 Å². The van der Waals surface area contributed by atoms with Gasteiger partial charge in [-0.05, 0) is 45.0 Å². The Morgan fingerprint density at radius 2 is 0.947 bits per heavy atom. The van der Waals surface area contributed by atoms with Crippen LogP contribution in [0.2, 0.25) is 0 Å². The molecule has 0 radical (unpaired) electrons. The molecule has 2 aromatic carbocycles. The van der Waals surface area contributed by atoms with E-state index >= 15 is 0 Å². The SMILES string of the molecule is C=C(C)C(=O)OCCNC(=O)OC(COCCOc1cccc(OCCOCC(COc2ccccc2)OC(=O)NCCOC(=O)C(=C)C)c1)COC(=O)C(=C)C. The molecule has 0 saturated carbocycles. The Morgan fingerprint density at radius 3 is 1.42 bits per heavy atom. The fourth-order valence-electron chi connectivity index (χ4n) is 3.98. The number of esters is 3. The summed E-state index contributed by atoms with van der Waals surface area (Å²) in [6, 6.07) is 15.9. The van der Waals surface area contributed by atoms with Crippen LogP contribution in [0.3, 0.4) is 0 Å². The van der Waals surface area contributed by atoms with Crippen molar-refractivity contribution >= 4 is 30.1 Å². The highest BCUT2D eigenvalue weighted by molar-refractivity contribution is 5.87. The summed E-state index contributed by atoms with van der Waals surface area (Å²) in [5.74, 6) is -0.197. The molecule has 2 N–H and O–H groups in total. The molecule has 0 aliphatic carbocycles. The molecule has 0 aromatic heterocycles. The van der Waals surface area contributed by atoms with Crippen LogP contribution in [0.1, 0.15) is 20.8 Å². The minimum Gasteiger partial charge on any atom is -0.491 e. The van der Waals surface area contributed by atoms with Crippen molar-refractivity contribution in [2.75, 3.05) is 79.2 Å². The van der Waals surface area contributed by atoms with Gasteiger partial charge < -0.3 is 58.0 Å². The molecule has 0 saturated heterocycles. The van der Waals surface area contributed by atoms with Crippen molar-refractivity contribution < 1.29 is 71.3 Å². The minimum atomic E-state index is -0.953. The first-order valence-electron chi connectivity index (χ1n) is 17.9. The first-order chi connectivity index (χ1) is 27.3. The van der Waals surface area contributed by atoms with Crippen molar-refractivity contribution in [3.05, 3.63) is 91.1 Å². The molecule has 0 fully saturated rings. The standard InChI is InChI=1S/C40H52N2O15/c1-28(2)36(43)52-17-15-41-39(46)56-34(26-54-31-11-8-7-9-12-31)24-48-19-21-50-32-13-10-14-33(23-32)51-22-20-49-25-35(27-55-38(45)30(5)6)57-40(47)42-16-18-53-37(44)29(3)4/h7-14,23,34-35H,1,3,5,15-22,24-27H2,2,4,6H3,(H,41,46)(H,42,47). The number of nitrogens with one attached hydrogen (secondary N) is 2. The van der Waals surface area contributed by atoms with Crippen LogP contribution in [0, 0.1) is 0 Å². The van der Waals surface area contributed by atoms with Crippen molar-refractivity contribution in [2.24, 2.45) is 0 Å². The van der Waals surface area contributed by atoms with E-state index in [2.05, 4.69) is 30.4 Å². The molecule has 17 heteroatoms. The van der Waals surface area contributed by atoms with Crippen LogP contribution in [-0.2, 0) is 47.5 Å². The summed E-state index contributed by atoms with van der Waals surface area (Å²) in [6.07, 6.45) is -3.28. The molecule has 0 aliphatic heterocycles. The molecule has 0 bridgehead atoms. The van der Waals surface area contributed by atoms with E-state index in [1.165, 1.54) is 20.8 Å². The molecular weight excluding hydrogens is 748 g/mol. The average Bonchev–Trinajstić information content (AvgIpc) is 3.18. The third kappa shape index (κ3) is 22.2. The number of alkyl carbamates (subject to hydrolysis) is 2. The molecule has 2 rings (SSSR count). The molecule has 312 valence electrons. The quantitative estimate of drug-likeness (QED) is 0.0539. The van der Waals surface area contributed by atoms with Crippen LogP contribution in [0.25, 0.3) is 0 Å². The number of rotatable bonds is 28. The van der Waals surface area contributed by atoms with E-state index in [0.29, 0.717) is 17.2 Å². The van der Waals surface area contributed by atoms with Gasteiger partial charge in [0.15, 0.2) is 12.2 Å². The topological polar surface area (TPSA) is 202 Å². The van der Waals surface area contributed by atoms with Crippen molar-refractivity contribution in [1.29, 1.82) is 0 Å². The molecule has 0 spiro atoms. The minimum absolute atomic E-state index is 0.0112. The molecule has 2 amide bonds. The predicted molar refractivity (Wildman–Crippen MR) is 205 cm³/mol. The Kier molecular flexibility index (Phi) is 22.7. The van der Waals surface area contributed by atoms with E-state index in [4.69, 9.17) is 47.4 Å². The Balaban J connectivity index is 1.76. The lowest BCUT2D eigenvalue weighted by Gasteiger charge is -2.19. The molecule has 17 nitrogen and oxygen atoms in total. The molecule has 0 aliphatic rings. The van der Waals surface area contributed by atoms with Crippen molar-refractivity contribution in [1.82, 2.24) is 10.6 Å². The van der Waals surface area contributed by atoms with Gasteiger partial charge in [0, 0.05) is 22.8 Å². The lowest BCUT2D eigenvalue weighted by molar-refractivity contribution is -0.143. The second kappa shape index (κ2) is 27.5. The number of carbonyl (C=O) groups excluding carboxylic acids is 5. The molecule has 2 aromatic rings. The monoisotopic (exact) mass is 800 g/mol. The smallest absolute Gasteiger partial charge is 0.407 e. The lowest BCUT2D eigenvalue weighted by atomic mass is 10.3. The maximum atomic E-state index is 12.4. The Morgan fingerprint density at radius 1 is 0.509 bits per heavy atom. The Hall–Kier alpha value is -6.07. The van der Waals surface area contributed by atoms with Gasteiger partial charge in [-0.3, -0.25) is 0 Å². The third-order valence-corrected chi connectivity index (χ3v) is 6.79. The Labute approximate surface area is 332 Å². The van der Waals surface area contributed by atoms with Gasteiger partial charge in [0.2, 0.25) is 0 Å². The first-order valence-corrected chi connectivity index (χ1v) is 17.9. The van der Waals surface area contributed by atoms with Gasteiger partial charge in [0.1, 0.15) is 56.9 Å². The van der Waals surface area contributed by atoms with Gasteiger partial charge in [-0.25, -0.2) is 24.0 Å². The van der Waals surface area contributed by atoms with Gasteiger partial charge in [0.05, 0.1) is 39.5 Å². The second-order valence-corrected chi connectivity index (χ2v) is 12.1. The summed E-state index contributed by atoms with van der Waals surface area (Å²) in [6.45, 7) is 15.1.